The lowest BCUT2D eigenvalue weighted by Crippen LogP contribution is -2.28. The summed E-state index contributed by atoms with van der Waals surface area (Å²) in [6.45, 7) is 6.15. The lowest BCUT2D eigenvalue weighted by molar-refractivity contribution is -0.115. The first-order valence-corrected chi connectivity index (χ1v) is 6.90. The molecule has 2 N–H and O–H groups in total. The summed E-state index contributed by atoms with van der Waals surface area (Å²) >= 11 is 0. The fraction of sp³-hybridized carbons (Fsp3) is 0.533. The van der Waals surface area contributed by atoms with Gasteiger partial charge in [-0.2, -0.15) is 0 Å². The molecule has 5 nitrogen and oxygen atoms in total. The molecule has 0 aromatic heterocycles. The van der Waals surface area contributed by atoms with E-state index in [0.29, 0.717) is 31.2 Å². The van der Waals surface area contributed by atoms with E-state index in [1.54, 1.807) is 7.11 Å². The molecule has 1 amide bonds. The van der Waals surface area contributed by atoms with Gasteiger partial charge in [0.05, 0.1) is 18.8 Å². The summed E-state index contributed by atoms with van der Waals surface area (Å²) in [6.07, 6.45) is 1.00. The Kier molecular flexibility index (Phi) is 7.69. The number of carbonyl (C=O) groups is 1. The van der Waals surface area contributed by atoms with E-state index in [4.69, 9.17) is 9.47 Å². The van der Waals surface area contributed by atoms with Crippen molar-refractivity contribution in [2.24, 2.45) is 0 Å². The van der Waals surface area contributed by atoms with Gasteiger partial charge in [-0.15, -0.1) is 0 Å². The topological polar surface area (TPSA) is 59.6 Å². The van der Waals surface area contributed by atoms with Crippen LogP contribution in [0.3, 0.4) is 0 Å². The summed E-state index contributed by atoms with van der Waals surface area (Å²) in [7, 11) is 1.63. The second kappa shape index (κ2) is 9.34. The summed E-state index contributed by atoms with van der Waals surface area (Å²) < 4.78 is 10.6. The zero-order valence-corrected chi connectivity index (χ0v) is 12.5. The third-order valence-electron chi connectivity index (χ3n) is 2.67. The minimum Gasteiger partial charge on any atom is -0.489 e. The molecule has 5 heteroatoms. The molecule has 0 fully saturated rings. The van der Waals surface area contributed by atoms with E-state index >= 15 is 0 Å². The van der Waals surface area contributed by atoms with Crippen molar-refractivity contribution < 1.29 is 14.3 Å². The standard InChI is InChI=1S/C15H24N2O3/c1-4-7-16-11-15(18)17-13-6-5-12(2)10-14(13)20-9-8-19-3/h5-6,10,16H,4,7-9,11H2,1-3H3,(H,17,18). The van der Waals surface area contributed by atoms with Crippen LogP contribution in [0.25, 0.3) is 0 Å². The van der Waals surface area contributed by atoms with Gasteiger partial charge in [0, 0.05) is 7.11 Å². The number of hydrogen-bond acceptors (Lipinski definition) is 4. The molecule has 0 unspecified atom stereocenters. The average Bonchev–Trinajstić information content (AvgIpc) is 2.42. The highest BCUT2D eigenvalue weighted by Crippen LogP contribution is 2.25. The van der Waals surface area contributed by atoms with E-state index in [2.05, 4.69) is 17.6 Å². The zero-order chi connectivity index (χ0) is 14.8. The van der Waals surface area contributed by atoms with Crippen LogP contribution in [-0.4, -0.2) is 39.3 Å². The van der Waals surface area contributed by atoms with Crippen LogP contribution in [0.4, 0.5) is 5.69 Å². The summed E-state index contributed by atoms with van der Waals surface area (Å²) in [5, 5.41) is 5.92. The van der Waals surface area contributed by atoms with E-state index < -0.39 is 0 Å². The van der Waals surface area contributed by atoms with Crippen molar-refractivity contribution >= 4 is 11.6 Å². The minimum absolute atomic E-state index is 0.0705. The predicted octanol–water partition coefficient (Wildman–Crippen LogP) is 1.96. The van der Waals surface area contributed by atoms with Crippen molar-refractivity contribution in [1.29, 1.82) is 0 Å². The van der Waals surface area contributed by atoms with E-state index in [0.717, 1.165) is 18.5 Å². The molecule has 0 saturated carbocycles. The molecule has 0 aliphatic heterocycles. The fourth-order valence-corrected chi connectivity index (χ4v) is 1.66. The van der Waals surface area contributed by atoms with Gasteiger partial charge in [-0.25, -0.2) is 0 Å². The van der Waals surface area contributed by atoms with Crippen LogP contribution in [0.5, 0.6) is 5.75 Å². The molecule has 0 aliphatic rings. The highest BCUT2D eigenvalue weighted by Gasteiger charge is 2.08. The average molecular weight is 280 g/mol. The Labute approximate surface area is 120 Å². The molecule has 0 bridgehead atoms. The maximum Gasteiger partial charge on any atom is 0.238 e. The third-order valence-corrected chi connectivity index (χ3v) is 2.67. The summed E-state index contributed by atoms with van der Waals surface area (Å²) in [5.74, 6) is 0.602. The van der Waals surface area contributed by atoms with Gasteiger partial charge < -0.3 is 20.1 Å². The number of hydrogen-bond donors (Lipinski definition) is 2. The maximum atomic E-state index is 11.8. The number of ether oxygens (including phenoxy) is 2. The summed E-state index contributed by atoms with van der Waals surface area (Å²) in [5.41, 5.74) is 1.77. The Morgan fingerprint density at radius 3 is 2.80 bits per heavy atom. The first kappa shape index (κ1) is 16.5. The molecule has 0 saturated heterocycles. The number of methoxy groups -OCH3 is 1. The molecule has 112 valence electrons. The predicted molar refractivity (Wildman–Crippen MR) is 80.3 cm³/mol. The third kappa shape index (κ3) is 6.04. The largest absolute Gasteiger partial charge is 0.489 e. The molecule has 20 heavy (non-hydrogen) atoms. The van der Waals surface area contributed by atoms with Crippen LogP contribution in [0.15, 0.2) is 18.2 Å². The van der Waals surface area contributed by atoms with Gasteiger partial charge in [0.2, 0.25) is 5.91 Å². The second-order valence-corrected chi connectivity index (χ2v) is 4.57. The summed E-state index contributed by atoms with van der Waals surface area (Å²) in [4.78, 5) is 11.8. The number of amides is 1. The van der Waals surface area contributed by atoms with Gasteiger partial charge in [-0.3, -0.25) is 4.79 Å². The van der Waals surface area contributed by atoms with Gasteiger partial charge in [0.15, 0.2) is 0 Å². The molecule has 0 atom stereocenters. The first-order chi connectivity index (χ1) is 9.67. The lowest BCUT2D eigenvalue weighted by atomic mass is 10.2. The van der Waals surface area contributed by atoms with Crippen LogP contribution in [-0.2, 0) is 9.53 Å². The van der Waals surface area contributed by atoms with E-state index in [1.807, 2.05) is 25.1 Å². The smallest absolute Gasteiger partial charge is 0.238 e. The van der Waals surface area contributed by atoms with Crippen molar-refractivity contribution in [2.45, 2.75) is 20.3 Å². The van der Waals surface area contributed by atoms with Crippen LogP contribution in [0, 0.1) is 6.92 Å². The van der Waals surface area contributed by atoms with E-state index in [9.17, 15) is 4.79 Å². The van der Waals surface area contributed by atoms with Crippen molar-refractivity contribution in [3.63, 3.8) is 0 Å². The summed E-state index contributed by atoms with van der Waals surface area (Å²) in [6, 6.07) is 5.71. The van der Waals surface area contributed by atoms with Gasteiger partial charge in [-0.1, -0.05) is 13.0 Å². The Morgan fingerprint density at radius 2 is 2.10 bits per heavy atom. The Hall–Kier alpha value is -1.59. The molecular weight excluding hydrogens is 256 g/mol. The number of nitrogens with one attached hydrogen (secondary N) is 2. The lowest BCUT2D eigenvalue weighted by Gasteiger charge is -2.13. The van der Waals surface area contributed by atoms with Crippen LogP contribution >= 0.6 is 0 Å². The van der Waals surface area contributed by atoms with Gasteiger partial charge in [-0.05, 0) is 37.6 Å². The van der Waals surface area contributed by atoms with Gasteiger partial charge in [0.25, 0.3) is 0 Å². The number of rotatable bonds is 9. The van der Waals surface area contributed by atoms with Gasteiger partial charge >= 0.3 is 0 Å². The highest BCUT2D eigenvalue weighted by molar-refractivity contribution is 5.93. The number of carbonyl (C=O) groups excluding carboxylic acids is 1. The Morgan fingerprint density at radius 1 is 1.30 bits per heavy atom. The molecular formula is C15H24N2O3. The van der Waals surface area contributed by atoms with Crippen molar-refractivity contribution in [3.05, 3.63) is 23.8 Å². The van der Waals surface area contributed by atoms with Crippen LogP contribution in [0.2, 0.25) is 0 Å². The van der Waals surface area contributed by atoms with E-state index in [1.165, 1.54) is 0 Å². The second-order valence-electron chi connectivity index (χ2n) is 4.57. The molecule has 0 heterocycles. The van der Waals surface area contributed by atoms with Crippen molar-refractivity contribution in [1.82, 2.24) is 5.32 Å². The molecule has 0 aliphatic carbocycles. The molecule has 1 aromatic carbocycles. The molecule has 1 aromatic rings. The quantitative estimate of drug-likeness (QED) is 0.679. The Bertz CT molecular complexity index is 422. The molecule has 0 radical (unpaired) electrons. The van der Waals surface area contributed by atoms with Crippen molar-refractivity contribution in [2.75, 3.05) is 38.7 Å². The zero-order valence-electron chi connectivity index (χ0n) is 12.5. The van der Waals surface area contributed by atoms with Gasteiger partial charge in [0.1, 0.15) is 12.4 Å². The SMILES string of the molecule is CCCNCC(=O)Nc1ccc(C)cc1OCCOC. The monoisotopic (exact) mass is 280 g/mol. The van der Waals surface area contributed by atoms with Crippen LogP contribution < -0.4 is 15.4 Å². The normalized spacial score (nSPS) is 10.3. The highest BCUT2D eigenvalue weighted by atomic mass is 16.5. The number of benzene rings is 1. The van der Waals surface area contributed by atoms with Crippen molar-refractivity contribution in [3.8, 4) is 5.75 Å². The van der Waals surface area contributed by atoms with E-state index in [-0.39, 0.29) is 5.91 Å². The van der Waals surface area contributed by atoms with Crippen LogP contribution in [0.1, 0.15) is 18.9 Å². The Balaban J connectivity index is 2.60. The fourth-order valence-electron chi connectivity index (χ4n) is 1.66. The number of aryl methyl sites for hydroxylation is 1. The molecule has 1 rings (SSSR count). The molecule has 0 spiro atoms. The minimum atomic E-state index is -0.0705. The maximum absolute atomic E-state index is 11.8. The first-order valence-electron chi connectivity index (χ1n) is 6.90. The number of anilines is 1.